The van der Waals surface area contributed by atoms with E-state index in [1.165, 1.54) is 89.9 Å². The third-order valence-electron chi connectivity index (χ3n) is 6.62. The summed E-state index contributed by atoms with van der Waals surface area (Å²) in [4.78, 5) is 12.3. The molecular formula is C27H52N2O4. The van der Waals surface area contributed by atoms with Gasteiger partial charge in [0.2, 0.25) is 0 Å². The Morgan fingerprint density at radius 2 is 1.33 bits per heavy atom. The number of aliphatic carboxylic acids is 1. The molecule has 0 spiro atoms. The summed E-state index contributed by atoms with van der Waals surface area (Å²) in [6.07, 6.45) is 23.6. The van der Waals surface area contributed by atoms with Crippen molar-refractivity contribution in [3.05, 3.63) is 0 Å². The first kappa shape index (κ1) is 29.7. The monoisotopic (exact) mass is 468 g/mol. The molecule has 2 fully saturated rings. The van der Waals surface area contributed by atoms with Gasteiger partial charge in [-0.2, -0.15) is 0 Å². The van der Waals surface area contributed by atoms with Crippen LogP contribution in [0.3, 0.4) is 0 Å². The molecule has 33 heavy (non-hydrogen) atoms. The highest BCUT2D eigenvalue weighted by molar-refractivity contribution is 5.70. The largest absolute Gasteiger partial charge is 0.481 e. The van der Waals surface area contributed by atoms with Crippen molar-refractivity contribution in [1.29, 1.82) is 5.41 Å². The first-order valence-electron chi connectivity index (χ1n) is 13.9. The number of nitrogens with zero attached hydrogens (tertiary/aromatic N) is 1. The maximum absolute atomic E-state index is 10.3. The first-order chi connectivity index (χ1) is 16.1. The van der Waals surface area contributed by atoms with Crippen molar-refractivity contribution in [3.63, 3.8) is 0 Å². The number of hydrogen-bond donors (Lipinski definition) is 2. The zero-order valence-electron chi connectivity index (χ0n) is 21.5. The molecule has 0 atom stereocenters. The Bertz CT molecular complexity index is 475. The summed E-state index contributed by atoms with van der Waals surface area (Å²) in [6.45, 7) is 5.29. The molecule has 2 rings (SSSR count). The molecule has 0 aromatic carbocycles. The standard InChI is InChI=1S/C16H32O2.C11H20N2O2/c1-2-3-4-5-6-7-8-9-10-11-12-13-14-15-16(17)18;12-11(13-6-8-14-9-7-13)15-10-4-2-1-3-5-10/h2-15H2,1H3,(H,17,18);10,12H,1-9H2. The van der Waals surface area contributed by atoms with E-state index in [2.05, 4.69) is 6.92 Å². The summed E-state index contributed by atoms with van der Waals surface area (Å²) in [5, 5.41) is 16.4. The fourth-order valence-corrected chi connectivity index (χ4v) is 4.48. The number of hydrogen-bond acceptors (Lipinski definition) is 4. The van der Waals surface area contributed by atoms with Crippen LogP contribution in [0.1, 0.15) is 129 Å². The predicted octanol–water partition coefficient (Wildman–Crippen LogP) is 7.15. The van der Waals surface area contributed by atoms with Gasteiger partial charge in [-0.15, -0.1) is 0 Å². The van der Waals surface area contributed by atoms with E-state index in [0.29, 0.717) is 12.4 Å². The van der Waals surface area contributed by atoms with Crippen LogP contribution in [0.15, 0.2) is 0 Å². The minimum atomic E-state index is -0.655. The highest BCUT2D eigenvalue weighted by Gasteiger charge is 2.20. The normalized spacial score (nSPS) is 16.7. The Kier molecular flexibility index (Phi) is 19.1. The summed E-state index contributed by atoms with van der Waals surface area (Å²) >= 11 is 0. The van der Waals surface area contributed by atoms with Crippen molar-refractivity contribution in [2.45, 2.75) is 135 Å². The molecular weight excluding hydrogens is 416 g/mol. The minimum absolute atomic E-state index is 0.286. The van der Waals surface area contributed by atoms with Gasteiger partial charge in [0.05, 0.1) is 13.2 Å². The van der Waals surface area contributed by atoms with Gasteiger partial charge >= 0.3 is 5.97 Å². The van der Waals surface area contributed by atoms with Gasteiger partial charge in [-0.25, -0.2) is 0 Å². The van der Waals surface area contributed by atoms with E-state index >= 15 is 0 Å². The van der Waals surface area contributed by atoms with E-state index in [1.54, 1.807) is 0 Å². The molecule has 194 valence electrons. The van der Waals surface area contributed by atoms with E-state index < -0.39 is 5.97 Å². The number of amidine groups is 1. The van der Waals surface area contributed by atoms with Crippen molar-refractivity contribution >= 4 is 12.0 Å². The Hall–Kier alpha value is -1.30. The molecule has 1 saturated heterocycles. The number of unbranched alkanes of at least 4 members (excludes halogenated alkanes) is 12. The molecule has 2 aliphatic rings. The second-order valence-electron chi connectivity index (χ2n) is 9.67. The molecule has 0 amide bonds. The van der Waals surface area contributed by atoms with Crippen LogP contribution in [-0.4, -0.2) is 54.4 Å². The number of carbonyl (C=O) groups is 1. The lowest BCUT2D eigenvalue weighted by Crippen LogP contribution is -2.42. The van der Waals surface area contributed by atoms with Crippen molar-refractivity contribution in [1.82, 2.24) is 4.90 Å². The van der Waals surface area contributed by atoms with Gasteiger partial charge in [-0.1, -0.05) is 90.4 Å². The molecule has 6 nitrogen and oxygen atoms in total. The Morgan fingerprint density at radius 3 is 1.82 bits per heavy atom. The highest BCUT2D eigenvalue weighted by Crippen LogP contribution is 2.21. The average molecular weight is 469 g/mol. The topological polar surface area (TPSA) is 82.8 Å². The number of carboxylic acids is 1. The molecule has 0 bridgehead atoms. The Labute approximate surface area is 203 Å². The number of rotatable bonds is 15. The van der Waals surface area contributed by atoms with Gasteiger partial charge in [-0.05, 0) is 32.1 Å². The van der Waals surface area contributed by atoms with E-state index in [-0.39, 0.29) is 6.10 Å². The van der Waals surface area contributed by atoms with Crippen molar-refractivity contribution in [2.75, 3.05) is 26.3 Å². The molecule has 0 aromatic rings. The molecule has 0 aromatic heterocycles. The molecule has 2 N–H and O–H groups in total. The lowest BCUT2D eigenvalue weighted by Gasteiger charge is -2.31. The maximum Gasteiger partial charge on any atom is 0.303 e. The van der Waals surface area contributed by atoms with Gasteiger partial charge in [-0.3, -0.25) is 10.2 Å². The number of nitrogens with one attached hydrogen (secondary N) is 1. The van der Waals surface area contributed by atoms with Crippen LogP contribution in [-0.2, 0) is 14.3 Å². The maximum atomic E-state index is 10.3. The Morgan fingerprint density at radius 1 is 0.848 bits per heavy atom. The molecule has 1 aliphatic heterocycles. The summed E-state index contributed by atoms with van der Waals surface area (Å²) < 4.78 is 10.9. The molecule has 0 radical (unpaired) electrons. The summed E-state index contributed by atoms with van der Waals surface area (Å²) in [5.41, 5.74) is 0. The van der Waals surface area contributed by atoms with E-state index in [4.69, 9.17) is 20.0 Å². The average Bonchev–Trinajstić information content (AvgIpc) is 2.83. The van der Waals surface area contributed by atoms with E-state index in [9.17, 15) is 4.79 Å². The van der Waals surface area contributed by atoms with Crippen LogP contribution in [0.2, 0.25) is 0 Å². The number of morpholine rings is 1. The summed E-state index contributed by atoms with van der Waals surface area (Å²) in [7, 11) is 0. The zero-order valence-corrected chi connectivity index (χ0v) is 21.5. The van der Waals surface area contributed by atoms with Crippen LogP contribution in [0.5, 0.6) is 0 Å². The summed E-state index contributed by atoms with van der Waals surface area (Å²) in [6, 6.07) is 0.352. The molecule has 1 heterocycles. The minimum Gasteiger partial charge on any atom is -0.481 e. The summed E-state index contributed by atoms with van der Waals surface area (Å²) in [5.74, 6) is -0.655. The smallest absolute Gasteiger partial charge is 0.303 e. The van der Waals surface area contributed by atoms with Crippen molar-refractivity contribution in [3.8, 4) is 0 Å². The lowest BCUT2D eigenvalue weighted by molar-refractivity contribution is -0.137. The highest BCUT2D eigenvalue weighted by atomic mass is 16.5. The fourth-order valence-electron chi connectivity index (χ4n) is 4.48. The van der Waals surface area contributed by atoms with Gasteiger partial charge in [0.15, 0.2) is 0 Å². The molecule has 1 aliphatic carbocycles. The van der Waals surface area contributed by atoms with E-state index in [1.807, 2.05) is 4.90 Å². The van der Waals surface area contributed by atoms with Crippen LogP contribution < -0.4 is 0 Å². The van der Waals surface area contributed by atoms with Gasteiger partial charge < -0.3 is 19.5 Å². The fraction of sp³-hybridized carbons (Fsp3) is 0.926. The second kappa shape index (κ2) is 21.2. The third-order valence-corrected chi connectivity index (χ3v) is 6.62. The number of carboxylic acid groups (broad SMARTS) is 1. The SMILES string of the molecule is CCCCCCCCCCCCCCCC(=O)O.N=C(OC1CCCCC1)N1CCOCC1. The third kappa shape index (κ3) is 17.8. The first-order valence-corrected chi connectivity index (χ1v) is 13.9. The van der Waals surface area contributed by atoms with Gasteiger partial charge in [0.25, 0.3) is 6.02 Å². The van der Waals surface area contributed by atoms with Crippen LogP contribution in [0.4, 0.5) is 0 Å². The number of ether oxygens (including phenoxy) is 2. The lowest BCUT2D eigenvalue weighted by atomic mass is 9.98. The molecule has 1 saturated carbocycles. The van der Waals surface area contributed by atoms with Gasteiger partial charge in [0, 0.05) is 19.5 Å². The van der Waals surface area contributed by atoms with Crippen LogP contribution in [0, 0.1) is 5.41 Å². The second-order valence-corrected chi connectivity index (χ2v) is 9.67. The molecule has 0 unspecified atom stereocenters. The zero-order chi connectivity index (χ0) is 24.0. The molecule has 6 heteroatoms. The van der Waals surface area contributed by atoms with Crippen molar-refractivity contribution < 1.29 is 19.4 Å². The van der Waals surface area contributed by atoms with Crippen LogP contribution >= 0.6 is 0 Å². The van der Waals surface area contributed by atoms with Crippen LogP contribution in [0.25, 0.3) is 0 Å². The van der Waals surface area contributed by atoms with Gasteiger partial charge in [0.1, 0.15) is 6.10 Å². The Balaban J connectivity index is 0.000000334. The van der Waals surface area contributed by atoms with Crippen molar-refractivity contribution in [2.24, 2.45) is 0 Å². The van der Waals surface area contributed by atoms with E-state index in [0.717, 1.165) is 52.0 Å². The predicted molar refractivity (Wildman–Crippen MR) is 136 cm³/mol. The quantitative estimate of drug-likeness (QED) is 0.151.